The lowest BCUT2D eigenvalue weighted by molar-refractivity contribution is 0.597. The molecule has 1 heterocycles. The molecule has 9 heteroatoms. The van der Waals surface area contributed by atoms with E-state index < -0.39 is 10.0 Å². The quantitative estimate of drug-likeness (QED) is 0.417. The molecule has 0 fully saturated rings. The van der Waals surface area contributed by atoms with Gasteiger partial charge in [0.2, 0.25) is 10.0 Å². The molecule has 0 saturated heterocycles. The monoisotopic (exact) mass is 420 g/mol. The van der Waals surface area contributed by atoms with Crippen LogP contribution in [0.2, 0.25) is 5.02 Å². The molecule has 7 nitrogen and oxygen atoms in total. The smallest absolute Gasteiger partial charge is 0.239 e. The predicted molar refractivity (Wildman–Crippen MR) is 111 cm³/mol. The van der Waals surface area contributed by atoms with Crippen LogP contribution >= 0.6 is 11.6 Å². The van der Waals surface area contributed by atoms with Crippen LogP contribution in [0.4, 0.5) is 5.82 Å². The number of aromatic nitrogens is 1. The molecule has 0 bridgehead atoms. The van der Waals surface area contributed by atoms with Crippen LogP contribution in [0.5, 0.6) is 0 Å². The van der Waals surface area contributed by atoms with Gasteiger partial charge in [0.25, 0.3) is 0 Å². The Morgan fingerprint density at radius 3 is 2.68 bits per heavy atom. The number of halogens is 1. The van der Waals surface area contributed by atoms with E-state index in [0.29, 0.717) is 12.1 Å². The van der Waals surface area contributed by atoms with Gasteiger partial charge in [-0.1, -0.05) is 23.7 Å². The van der Waals surface area contributed by atoms with E-state index in [1.807, 2.05) is 12.1 Å². The third kappa shape index (κ3) is 5.11. The zero-order valence-electron chi connectivity index (χ0n) is 15.0. The van der Waals surface area contributed by atoms with E-state index in [9.17, 15) is 13.2 Å². The fourth-order valence-corrected chi connectivity index (χ4v) is 3.92. The Labute approximate surface area is 168 Å². The number of anilines is 1. The number of hydrogen-bond donors (Lipinski definition) is 4. The highest BCUT2D eigenvalue weighted by Gasteiger charge is 2.13. The fourth-order valence-electron chi connectivity index (χ4n) is 2.83. The van der Waals surface area contributed by atoms with Crippen molar-refractivity contribution in [3.8, 4) is 11.3 Å². The highest BCUT2D eigenvalue weighted by atomic mass is 35.5. The van der Waals surface area contributed by atoms with Crippen LogP contribution in [-0.2, 0) is 16.6 Å². The lowest BCUT2D eigenvalue weighted by Gasteiger charge is -2.11. The van der Waals surface area contributed by atoms with Gasteiger partial charge in [-0.15, -0.1) is 0 Å². The van der Waals surface area contributed by atoms with Crippen LogP contribution < -0.4 is 21.2 Å². The molecule has 0 saturated carbocycles. The predicted octanol–water partition coefficient (Wildman–Crippen LogP) is 2.37. The van der Waals surface area contributed by atoms with E-state index in [1.54, 1.807) is 24.3 Å². The number of H-pyrrole nitrogens is 1. The Kier molecular flexibility index (Phi) is 6.35. The molecule has 0 radical (unpaired) electrons. The van der Waals surface area contributed by atoms with Crippen molar-refractivity contribution in [1.29, 1.82) is 0 Å². The van der Waals surface area contributed by atoms with Crippen LogP contribution in [0.1, 0.15) is 12.0 Å². The zero-order valence-corrected chi connectivity index (χ0v) is 16.6. The van der Waals surface area contributed by atoms with E-state index in [1.165, 1.54) is 12.1 Å². The molecule has 0 amide bonds. The molecule has 148 valence electrons. The summed E-state index contributed by atoms with van der Waals surface area (Å²) in [5.74, 6) is 0.841. The van der Waals surface area contributed by atoms with Crippen LogP contribution in [0.15, 0.2) is 58.2 Å². The van der Waals surface area contributed by atoms with Crippen molar-refractivity contribution in [1.82, 2.24) is 10.3 Å². The van der Waals surface area contributed by atoms with Gasteiger partial charge in [-0.2, -0.15) is 0 Å². The lowest BCUT2D eigenvalue weighted by Crippen LogP contribution is -2.19. The average Bonchev–Trinajstić information content (AvgIpc) is 2.65. The summed E-state index contributed by atoms with van der Waals surface area (Å²) in [5.41, 5.74) is 2.25. The van der Waals surface area contributed by atoms with Crippen molar-refractivity contribution in [2.75, 3.05) is 18.4 Å². The Balaban J connectivity index is 1.46. The minimum Gasteiger partial charge on any atom is -0.372 e. The van der Waals surface area contributed by atoms with Gasteiger partial charge in [0, 0.05) is 18.7 Å². The third-order valence-corrected chi connectivity index (χ3v) is 5.62. The van der Waals surface area contributed by atoms with Gasteiger partial charge in [0.1, 0.15) is 10.7 Å². The number of pyridine rings is 1. The summed E-state index contributed by atoms with van der Waals surface area (Å²) < 4.78 is 23.0. The van der Waals surface area contributed by atoms with E-state index in [-0.39, 0.29) is 15.3 Å². The zero-order chi connectivity index (χ0) is 20.1. The van der Waals surface area contributed by atoms with Crippen molar-refractivity contribution in [2.45, 2.75) is 17.9 Å². The number of aromatic amines is 1. The maximum atomic E-state index is 11.7. The third-order valence-electron chi connectivity index (χ3n) is 4.23. The average molecular weight is 421 g/mol. The maximum Gasteiger partial charge on any atom is 0.239 e. The highest BCUT2D eigenvalue weighted by Crippen LogP contribution is 2.21. The Bertz CT molecular complexity index is 1100. The van der Waals surface area contributed by atoms with Gasteiger partial charge in [-0.3, -0.25) is 4.79 Å². The number of nitrogens with one attached hydrogen (secondary N) is 3. The molecule has 0 unspecified atom stereocenters. The number of rotatable bonds is 8. The number of benzene rings is 2. The molecule has 1 aliphatic heterocycles. The molecule has 0 aromatic heterocycles. The summed E-state index contributed by atoms with van der Waals surface area (Å²) in [4.78, 5) is 14.9. The van der Waals surface area contributed by atoms with Crippen LogP contribution in [0.25, 0.3) is 11.3 Å². The Hall–Kier alpha value is -2.39. The molecule has 0 spiro atoms. The second-order valence-electron chi connectivity index (χ2n) is 6.36. The summed E-state index contributed by atoms with van der Waals surface area (Å²) >= 11 is 5.88. The van der Waals surface area contributed by atoms with Gasteiger partial charge < -0.3 is 15.6 Å². The summed E-state index contributed by atoms with van der Waals surface area (Å²) in [7, 11) is -3.84. The van der Waals surface area contributed by atoms with Gasteiger partial charge in [-0.25, -0.2) is 13.6 Å². The van der Waals surface area contributed by atoms with Crippen molar-refractivity contribution in [3.63, 3.8) is 0 Å². The van der Waals surface area contributed by atoms with Gasteiger partial charge in [-0.05, 0) is 54.9 Å². The molecule has 1 aliphatic carbocycles. The normalized spacial score (nSPS) is 11.6. The first-order chi connectivity index (χ1) is 13.3. The summed E-state index contributed by atoms with van der Waals surface area (Å²) in [6, 6.07) is 13.6. The second kappa shape index (κ2) is 8.74. The van der Waals surface area contributed by atoms with E-state index in [0.717, 1.165) is 36.6 Å². The standard InChI is InChI=1S/C19H21ClN4O3S/c20-15-7-5-13(11-18(15)28(21,26)27)12-22-9-2-10-23-19-8-6-14-16(24-19)3-1-4-17(14)25/h1,3-8,11,22-24H,2,9-10,12H2,(H2,21,26,27). The summed E-state index contributed by atoms with van der Waals surface area (Å²) in [5, 5.41) is 11.8. The number of nitrogens with two attached hydrogens (primary N) is 1. The lowest BCUT2D eigenvalue weighted by atomic mass is 10.1. The minimum absolute atomic E-state index is 0.00251. The van der Waals surface area contributed by atoms with Gasteiger partial charge >= 0.3 is 0 Å². The molecule has 0 atom stereocenters. The van der Waals surface area contributed by atoms with Crippen molar-refractivity contribution in [3.05, 3.63) is 69.3 Å². The van der Waals surface area contributed by atoms with Crippen LogP contribution in [-0.4, -0.2) is 26.5 Å². The Morgan fingerprint density at radius 2 is 1.89 bits per heavy atom. The summed E-state index contributed by atoms with van der Waals surface area (Å²) in [6.07, 6.45) is 0.850. The van der Waals surface area contributed by atoms with E-state index >= 15 is 0 Å². The van der Waals surface area contributed by atoms with Crippen molar-refractivity contribution < 1.29 is 8.42 Å². The molecule has 3 rings (SSSR count). The van der Waals surface area contributed by atoms with Crippen LogP contribution in [0.3, 0.4) is 0 Å². The molecule has 1 aromatic rings. The molecule has 5 N–H and O–H groups in total. The molecule has 1 aromatic carbocycles. The Morgan fingerprint density at radius 1 is 1.07 bits per heavy atom. The highest BCUT2D eigenvalue weighted by molar-refractivity contribution is 7.89. The fraction of sp³-hybridized carbons (Fsp3) is 0.211. The SMILES string of the molecule is NS(=O)(=O)c1cc(CNCCCNc2ccc3c(=O)cccc-3[nH]2)ccc1Cl. The first-order valence-corrected chi connectivity index (χ1v) is 10.6. The molecular weight excluding hydrogens is 400 g/mol. The van der Waals surface area contributed by atoms with E-state index in [2.05, 4.69) is 15.6 Å². The van der Waals surface area contributed by atoms with E-state index in [4.69, 9.17) is 16.7 Å². The first-order valence-electron chi connectivity index (χ1n) is 8.72. The van der Waals surface area contributed by atoms with Gasteiger partial charge in [0.15, 0.2) is 5.43 Å². The maximum absolute atomic E-state index is 11.7. The first kappa shape index (κ1) is 20.3. The topological polar surface area (TPSA) is 117 Å². The number of hydrogen-bond acceptors (Lipinski definition) is 5. The van der Waals surface area contributed by atoms with Crippen molar-refractivity contribution >= 4 is 27.4 Å². The largest absolute Gasteiger partial charge is 0.372 e. The van der Waals surface area contributed by atoms with Crippen molar-refractivity contribution in [2.24, 2.45) is 5.14 Å². The number of fused-ring (bicyclic) bond motifs is 1. The van der Waals surface area contributed by atoms with Crippen LogP contribution in [0, 0.1) is 0 Å². The number of sulfonamides is 1. The molecule has 28 heavy (non-hydrogen) atoms. The summed E-state index contributed by atoms with van der Waals surface area (Å²) in [6.45, 7) is 1.97. The number of primary sulfonamides is 1. The molecule has 2 aliphatic rings. The molecular formula is C19H21ClN4O3S. The minimum atomic E-state index is -3.84. The second-order valence-corrected chi connectivity index (χ2v) is 8.29. The van der Waals surface area contributed by atoms with Gasteiger partial charge in [0.05, 0.1) is 10.7 Å².